The second-order valence-corrected chi connectivity index (χ2v) is 11.6. The monoisotopic (exact) mass is 453 g/mol. The van der Waals surface area contributed by atoms with Gasteiger partial charge in [0.05, 0.1) is 16.5 Å². The van der Waals surface area contributed by atoms with Crippen LogP contribution in [0, 0.1) is 20.8 Å². The average molecular weight is 454 g/mol. The molecule has 0 N–H and O–H groups in total. The van der Waals surface area contributed by atoms with Crippen LogP contribution in [0.4, 0.5) is 0 Å². The van der Waals surface area contributed by atoms with Crippen LogP contribution in [0.5, 0.6) is 0 Å². The quantitative estimate of drug-likeness (QED) is 0.317. The summed E-state index contributed by atoms with van der Waals surface area (Å²) in [5, 5.41) is 2.35. The van der Waals surface area contributed by atoms with Crippen LogP contribution in [0.25, 0.3) is 33.4 Å². The average Bonchev–Trinajstić information content (AvgIpc) is 2.74. The SMILES string of the molecule is Cc1cc(C)c(C)c(-c2c3ccccc3c(-c3nc(C(C)(C)C)nc(C(C)(C)C)n3)c[n+]2C)c1. The smallest absolute Gasteiger partial charge is 0.217 e. The van der Waals surface area contributed by atoms with Crippen LogP contribution in [0.2, 0.25) is 0 Å². The van der Waals surface area contributed by atoms with Crippen LogP contribution in [-0.2, 0) is 17.9 Å². The number of hydrogen-bond acceptors (Lipinski definition) is 3. The lowest BCUT2D eigenvalue weighted by Crippen LogP contribution is -2.32. The number of benzene rings is 2. The van der Waals surface area contributed by atoms with Crippen LogP contribution in [0.3, 0.4) is 0 Å². The minimum Gasteiger partial charge on any atom is -0.217 e. The van der Waals surface area contributed by atoms with Crippen molar-refractivity contribution in [3.05, 3.63) is 70.9 Å². The Morgan fingerprint density at radius 2 is 1.26 bits per heavy atom. The van der Waals surface area contributed by atoms with Crippen molar-refractivity contribution in [3.63, 3.8) is 0 Å². The van der Waals surface area contributed by atoms with Gasteiger partial charge in [0.1, 0.15) is 18.7 Å². The van der Waals surface area contributed by atoms with Crippen LogP contribution >= 0.6 is 0 Å². The van der Waals surface area contributed by atoms with Crippen molar-refractivity contribution in [1.29, 1.82) is 0 Å². The van der Waals surface area contributed by atoms with E-state index >= 15 is 0 Å². The number of nitrogens with zero attached hydrogens (tertiary/aromatic N) is 4. The normalized spacial score (nSPS) is 12.4. The summed E-state index contributed by atoms with van der Waals surface area (Å²) in [7, 11) is 2.12. The van der Waals surface area contributed by atoms with Crippen molar-refractivity contribution in [3.8, 4) is 22.6 Å². The molecule has 2 aromatic heterocycles. The van der Waals surface area contributed by atoms with E-state index in [1.165, 1.54) is 33.3 Å². The van der Waals surface area contributed by atoms with Crippen LogP contribution < -0.4 is 4.57 Å². The van der Waals surface area contributed by atoms with Gasteiger partial charge in [-0.3, -0.25) is 0 Å². The highest BCUT2D eigenvalue weighted by atomic mass is 15.1. The number of pyridine rings is 1. The number of aryl methyl sites for hydroxylation is 3. The zero-order valence-corrected chi connectivity index (χ0v) is 22.3. The van der Waals surface area contributed by atoms with E-state index in [9.17, 15) is 0 Å². The third kappa shape index (κ3) is 4.34. The van der Waals surface area contributed by atoms with Crippen LogP contribution in [-0.4, -0.2) is 15.0 Å². The molecule has 0 aliphatic carbocycles. The molecular weight excluding hydrogens is 416 g/mol. The fourth-order valence-electron chi connectivity index (χ4n) is 4.41. The highest BCUT2D eigenvalue weighted by Gasteiger charge is 2.28. The van der Waals surface area contributed by atoms with Crippen molar-refractivity contribution in [2.24, 2.45) is 7.05 Å². The number of fused-ring (bicyclic) bond motifs is 1. The minimum atomic E-state index is -0.175. The highest BCUT2D eigenvalue weighted by Crippen LogP contribution is 2.35. The van der Waals surface area contributed by atoms with Gasteiger partial charge >= 0.3 is 0 Å². The predicted octanol–water partition coefficient (Wildman–Crippen LogP) is 6.70. The van der Waals surface area contributed by atoms with Crippen molar-refractivity contribution >= 4 is 10.8 Å². The summed E-state index contributed by atoms with van der Waals surface area (Å²) in [5.41, 5.74) is 7.05. The third-order valence-corrected chi connectivity index (χ3v) is 6.43. The fourth-order valence-corrected chi connectivity index (χ4v) is 4.41. The molecule has 0 atom stereocenters. The first-order valence-electron chi connectivity index (χ1n) is 12.0. The van der Waals surface area contributed by atoms with Gasteiger partial charge in [0.2, 0.25) is 5.69 Å². The molecule has 2 aromatic carbocycles. The molecule has 4 aromatic rings. The molecule has 0 radical (unpaired) electrons. The predicted molar refractivity (Wildman–Crippen MR) is 141 cm³/mol. The Morgan fingerprint density at radius 1 is 0.706 bits per heavy atom. The first kappa shape index (κ1) is 24.0. The number of hydrogen-bond donors (Lipinski definition) is 0. The van der Waals surface area contributed by atoms with E-state index < -0.39 is 0 Å². The summed E-state index contributed by atoms with van der Waals surface area (Å²) in [6.45, 7) is 19.5. The molecular formula is C30H37N4+. The van der Waals surface area contributed by atoms with Gasteiger partial charge in [-0.05, 0) is 44.0 Å². The minimum absolute atomic E-state index is 0.175. The lowest BCUT2D eigenvalue weighted by atomic mass is 9.92. The Labute approximate surface area is 204 Å². The fraction of sp³-hybridized carbons (Fsp3) is 0.400. The molecule has 0 saturated carbocycles. The molecule has 2 heterocycles. The Bertz CT molecular complexity index is 1370. The van der Waals surface area contributed by atoms with E-state index in [-0.39, 0.29) is 10.8 Å². The summed E-state index contributed by atoms with van der Waals surface area (Å²) in [6.07, 6.45) is 2.18. The molecule has 0 saturated heterocycles. The van der Waals surface area contributed by atoms with Crippen molar-refractivity contribution in [2.75, 3.05) is 0 Å². The molecule has 176 valence electrons. The molecule has 4 rings (SSSR count). The van der Waals surface area contributed by atoms with E-state index in [1.54, 1.807) is 0 Å². The molecule has 34 heavy (non-hydrogen) atoms. The number of aromatic nitrogens is 4. The molecule has 4 nitrogen and oxygen atoms in total. The molecule has 0 bridgehead atoms. The molecule has 0 spiro atoms. The Kier molecular flexibility index (Phi) is 5.83. The van der Waals surface area contributed by atoms with E-state index in [4.69, 9.17) is 15.0 Å². The van der Waals surface area contributed by atoms with Gasteiger partial charge in [-0.25, -0.2) is 15.0 Å². The largest absolute Gasteiger partial charge is 0.220 e. The lowest BCUT2D eigenvalue weighted by molar-refractivity contribution is -0.658. The Hall–Kier alpha value is -3.14. The topological polar surface area (TPSA) is 42.6 Å². The maximum atomic E-state index is 4.99. The van der Waals surface area contributed by atoms with Gasteiger partial charge in [0.15, 0.2) is 12.0 Å². The van der Waals surface area contributed by atoms with Gasteiger partial charge in [-0.1, -0.05) is 71.4 Å². The van der Waals surface area contributed by atoms with Crippen molar-refractivity contribution in [2.45, 2.75) is 73.1 Å². The van der Waals surface area contributed by atoms with E-state index in [1.807, 2.05) is 0 Å². The van der Waals surface area contributed by atoms with E-state index in [0.29, 0.717) is 0 Å². The van der Waals surface area contributed by atoms with Crippen LogP contribution in [0.15, 0.2) is 42.6 Å². The summed E-state index contributed by atoms with van der Waals surface area (Å²) < 4.78 is 2.23. The third-order valence-electron chi connectivity index (χ3n) is 6.43. The Balaban J connectivity index is 2.08. The zero-order chi connectivity index (χ0) is 25.0. The number of rotatable bonds is 2. The molecule has 0 fully saturated rings. The van der Waals surface area contributed by atoms with Gasteiger partial charge < -0.3 is 0 Å². The van der Waals surface area contributed by atoms with Gasteiger partial charge in [-0.2, -0.15) is 4.57 Å². The van der Waals surface area contributed by atoms with Gasteiger partial charge in [0.25, 0.3) is 0 Å². The summed E-state index contributed by atoms with van der Waals surface area (Å²) >= 11 is 0. The second kappa shape index (κ2) is 8.26. The maximum Gasteiger partial charge on any atom is 0.220 e. The van der Waals surface area contributed by atoms with Gasteiger partial charge in [-0.15, -0.1) is 0 Å². The lowest BCUT2D eigenvalue weighted by Gasteiger charge is -2.23. The van der Waals surface area contributed by atoms with E-state index in [2.05, 4.69) is 117 Å². The summed E-state index contributed by atoms with van der Waals surface area (Å²) in [6, 6.07) is 13.2. The molecule has 0 aliphatic rings. The second-order valence-electron chi connectivity index (χ2n) is 11.6. The first-order valence-corrected chi connectivity index (χ1v) is 12.0. The van der Waals surface area contributed by atoms with Crippen molar-refractivity contribution in [1.82, 2.24) is 15.0 Å². The molecule has 0 amide bonds. The highest BCUT2D eigenvalue weighted by molar-refractivity contribution is 6.01. The van der Waals surface area contributed by atoms with Gasteiger partial charge in [0, 0.05) is 16.2 Å². The summed E-state index contributed by atoms with van der Waals surface area (Å²) in [5.74, 6) is 2.38. The molecule has 4 heteroatoms. The van der Waals surface area contributed by atoms with Crippen LogP contribution in [0.1, 0.15) is 69.9 Å². The van der Waals surface area contributed by atoms with E-state index in [0.717, 1.165) is 28.4 Å². The standard InChI is InChI=1S/C30H37N4/c1-18-15-19(2)20(3)23(16-18)25-22-14-12-11-13-21(22)24(17-34(25)10)26-31-27(29(4,5)6)33-28(32-26)30(7,8)9/h11-17H,1-10H3/q+1. The Morgan fingerprint density at radius 3 is 1.82 bits per heavy atom. The molecule has 0 unspecified atom stereocenters. The molecule has 0 aliphatic heterocycles. The maximum absolute atomic E-state index is 4.99. The zero-order valence-electron chi connectivity index (χ0n) is 22.3. The van der Waals surface area contributed by atoms with Crippen molar-refractivity contribution < 1.29 is 4.57 Å². The summed E-state index contributed by atoms with van der Waals surface area (Å²) in [4.78, 5) is 14.9. The first-order chi connectivity index (χ1) is 15.8.